The van der Waals surface area contributed by atoms with Crippen LogP contribution in [0, 0.1) is 0 Å². The molecule has 0 fully saturated rings. The summed E-state index contributed by atoms with van der Waals surface area (Å²) in [6, 6.07) is 5.05. The maximum Gasteiger partial charge on any atom is 0.339 e. The zero-order valence-electron chi connectivity index (χ0n) is 9.12. The van der Waals surface area contributed by atoms with Crippen molar-refractivity contribution in [1.29, 1.82) is 0 Å². The van der Waals surface area contributed by atoms with Crippen LogP contribution in [0.15, 0.2) is 36.8 Å². The third kappa shape index (κ3) is 2.23. The fourth-order valence-electron chi connectivity index (χ4n) is 1.44. The summed E-state index contributed by atoms with van der Waals surface area (Å²) in [6.07, 6.45) is 4.66. The molecule has 0 aromatic carbocycles. The lowest BCUT2D eigenvalue weighted by molar-refractivity contribution is 0.0693. The average molecular weight is 230 g/mol. The van der Waals surface area contributed by atoms with Crippen LogP contribution in [0.3, 0.4) is 0 Å². The molecule has 2 aromatic rings. The van der Waals surface area contributed by atoms with Gasteiger partial charge in [-0.05, 0) is 18.2 Å². The average Bonchev–Trinajstić information content (AvgIpc) is 2.39. The predicted octanol–water partition coefficient (Wildman–Crippen LogP) is 1.85. The Bertz CT molecular complexity index is 541. The number of aromatic nitrogens is 2. The van der Waals surface area contributed by atoms with Crippen molar-refractivity contribution in [3.63, 3.8) is 0 Å². The van der Waals surface area contributed by atoms with Crippen LogP contribution in [-0.4, -0.2) is 28.2 Å². The summed E-state index contributed by atoms with van der Waals surface area (Å²) in [6.45, 7) is 0. The van der Waals surface area contributed by atoms with Crippen molar-refractivity contribution >= 4 is 5.97 Å². The van der Waals surface area contributed by atoms with Crippen molar-refractivity contribution in [3.8, 4) is 17.0 Å². The lowest BCUT2D eigenvalue weighted by Gasteiger charge is -2.06. The molecule has 0 radical (unpaired) electrons. The summed E-state index contributed by atoms with van der Waals surface area (Å²) < 4.78 is 4.94. The van der Waals surface area contributed by atoms with Crippen LogP contribution in [0.2, 0.25) is 0 Å². The van der Waals surface area contributed by atoms with Gasteiger partial charge in [0.15, 0.2) is 5.75 Å². The largest absolute Gasteiger partial charge is 0.494 e. The highest BCUT2D eigenvalue weighted by molar-refractivity contribution is 5.92. The van der Waals surface area contributed by atoms with E-state index in [-0.39, 0.29) is 11.3 Å². The molecule has 2 aromatic heterocycles. The zero-order chi connectivity index (χ0) is 12.3. The van der Waals surface area contributed by atoms with Crippen LogP contribution < -0.4 is 4.74 Å². The van der Waals surface area contributed by atoms with E-state index in [1.165, 1.54) is 19.4 Å². The van der Waals surface area contributed by atoms with Crippen molar-refractivity contribution in [3.05, 3.63) is 42.4 Å². The molecular weight excluding hydrogens is 220 g/mol. The fourth-order valence-corrected chi connectivity index (χ4v) is 1.44. The molecule has 0 aliphatic rings. The Morgan fingerprint density at radius 2 is 2.24 bits per heavy atom. The Morgan fingerprint density at radius 3 is 2.82 bits per heavy atom. The van der Waals surface area contributed by atoms with E-state index in [9.17, 15) is 4.79 Å². The Hall–Kier alpha value is -2.43. The van der Waals surface area contributed by atoms with Gasteiger partial charge in [0.25, 0.3) is 0 Å². The highest BCUT2D eigenvalue weighted by Crippen LogP contribution is 2.23. The Morgan fingerprint density at radius 1 is 1.41 bits per heavy atom. The van der Waals surface area contributed by atoms with E-state index >= 15 is 0 Å². The number of rotatable bonds is 3. The van der Waals surface area contributed by atoms with E-state index in [1.54, 1.807) is 18.5 Å². The number of pyridine rings is 2. The Kier molecular flexibility index (Phi) is 3.00. The van der Waals surface area contributed by atoms with Gasteiger partial charge in [0, 0.05) is 18.0 Å². The highest BCUT2D eigenvalue weighted by atomic mass is 16.5. The van der Waals surface area contributed by atoms with Gasteiger partial charge in [0.2, 0.25) is 0 Å². The molecular formula is C12H10N2O3. The van der Waals surface area contributed by atoms with Crippen LogP contribution in [0.4, 0.5) is 0 Å². The molecule has 17 heavy (non-hydrogen) atoms. The summed E-state index contributed by atoms with van der Waals surface area (Å²) in [5.41, 5.74) is 1.40. The SMILES string of the molecule is COc1cnc(-c2cccnc2)cc1C(=O)O. The number of hydrogen-bond acceptors (Lipinski definition) is 4. The van der Waals surface area contributed by atoms with Gasteiger partial charge in [-0.2, -0.15) is 0 Å². The Balaban J connectivity index is 2.51. The summed E-state index contributed by atoms with van der Waals surface area (Å²) in [5, 5.41) is 9.04. The predicted molar refractivity (Wildman–Crippen MR) is 61.0 cm³/mol. The van der Waals surface area contributed by atoms with Gasteiger partial charge in [-0.15, -0.1) is 0 Å². The number of hydrogen-bond donors (Lipinski definition) is 1. The van der Waals surface area contributed by atoms with Gasteiger partial charge < -0.3 is 9.84 Å². The molecule has 86 valence electrons. The second-order valence-corrected chi connectivity index (χ2v) is 3.32. The summed E-state index contributed by atoms with van der Waals surface area (Å²) in [4.78, 5) is 19.1. The van der Waals surface area contributed by atoms with E-state index in [2.05, 4.69) is 9.97 Å². The van der Waals surface area contributed by atoms with Gasteiger partial charge in [-0.1, -0.05) is 0 Å². The van der Waals surface area contributed by atoms with Crippen LogP contribution in [0.1, 0.15) is 10.4 Å². The van der Waals surface area contributed by atoms with Gasteiger partial charge in [0.05, 0.1) is 19.0 Å². The second kappa shape index (κ2) is 4.61. The van der Waals surface area contributed by atoms with Crippen LogP contribution in [-0.2, 0) is 0 Å². The molecule has 0 saturated carbocycles. The lowest BCUT2D eigenvalue weighted by atomic mass is 10.1. The topological polar surface area (TPSA) is 72.3 Å². The summed E-state index contributed by atoms with van der Waals surface area (Å²) in [5.74, 6) is -0.806. The minimum atomic E-state index is -1.05. The maximum absolute atomic E-state index is 11.0. The number of nitrogens with zero attached hydrogens (tertiary/aromatic N) is 2. The van der Waals surface area contributed by atoms with Crippen LogP contribution in [0.25, 0.3) is 11.3 Å². The molecule has 0 spiro atoms. The third-order valence-electron chi connectivity index (χ3n) is 2.28. The number of aromatic carboxylic acids is 1. The van der Waals surface area contributed by atoms with Crippen molar-refractivity contribution in [2.45, 2.75) is 0 Å². The van der Waals surface area contributed by atoms with E-state index in [0.717, 1.165) is 5.56 Å². The molecule has 1 N–H and O–H groups in total. The molecule has 2 heterocycles. The van der Waals surface area contributed by atoms with Crippen molar-refractivity contribution in [1.82, 2.24) is 9.97 Å². The van der Waals surface area contributed by atoms with Crippen molar-refractivity contribution < 1.29 is 14.6 Å². The maximum atomic E-state index is 11.0. The molecule has 5 heteroatoms. The molecule has 0 bridgehead atoms. The standard InChI is InChI=1S/C12H10N2O3/c1-17-11-7-14-10(5-9(11)12(15)16)8-3-2-4-13-6-8/h2-7H,1H3,(H,15,16). The highest BCUT2D eigenvalue weighted by Gasteiger charge is 2.13. The number of carbonyl (C=O) groups is 1. The van der Waals surface area contributed by atoms with Gasteiger partial charge in [-0.25, -0.2) is 4.79 Å². The van der Waals surface area contributed by atoms with Crippen LogP contribution in [0.5, 0.6) is 5.75 Å². The molecule has 0 aliphatic carbocycles. The molecule has 0 unspecified atom stereocenters. The molecule has 5 nitrogen and oxygen atoms in total. The van der Waals surface area contributed by atoms with Crippen molar-refractivity contribution in [2.24, 2.45) is 0 Å². The zero-order valence-corrected chi connectivity index (χ0v) is 9.12. The van der Waals surface area contributed by atoms with E-state index < -0.39 is 5.97 Å². The molecule has 0 aliphatic heterocycles. The molecule has 0 atom stereocenters. The van der Waals surface area contributed by atoms with E-state index in [4.69, 9.17) is 9.84 Å². The first-order chi connectivity index (χ1) is 8.22. The van der Waals surface area contributed by atoms with Gasteiger partial charge >= 0.3 is 5.97 Å². The van der Waals surface area contributed by atoms with E-state index in [1.807, 2.05) is 6.07 Å². The minimum Gasteiger partial charge on any atom is -0.494 e. The first kappa shape index (κ1) is 11.1. The quantitative estimate of drug-likeness (QED) is 0.871. The number of carboxylic acid groups (broad SMARTS) is 1. The minimum absolute atomic E-state index is 0.0846. The molecule has 2 rings (SSSR count). The lowest BCUT2D eigenvalue weighted by Crippen LogP contribution is -2.02. The van der Waals surface area contributed by atoms with E-state index in [0.29, 0.717) is 5.69 Å². The smallest absolute Gasteiger partial charge is 0.339 e. The van der Waals surface area contributed by atoms with Gasteiger partial charge in [-0.3, -0.25) is 9.97 Å². The second-order valence-electron chi connectivity index (χ2n) is 3.32. The Labute approximate surface area is 97.7 Å². The first-order valence-corrected chi connectivity index (χ1v) is 4.90. The van der Waals surface area contributed by atoms with Crippen LogP contribution >= 0.6 is 0 Å². The monoisotopic (exact) mass is 230 g/mol. The normalized spacial score (nSPS) is 9.94. The third-order valence-corrected chi connectivity index (χ3v) is 2.28. The summed E-state index contributed by atoms with van der Waals surface area (Å²) in [7, 11) is 1.41. The summed E-state index contributed by atoms with van der Waals surface area (Å²) >= 11 is 0. The van der Waals surface area contributed by atoms with Crippen molar-refractivity contribution in [2.75, 3.05) is 7.11 Å². The fraction of sp³-hybridized carbons (Fsp3) is 0.0833. The number of ether oxygens (including phenoxy) is 1. The number of carboxylic acids is 1. The number of methoxy groups -OCH3 is 1. The molecule has 0 saturated heterocycles. The van der Waals surface area contributed by atoms with Gasteiger partial charge in [0.1, 0.15) is 5.56 Å². The molecule has 0 amide bonds. The first-order valence-electron chi connectivity index (χ1n) is 4.90.